The Bertz CT molecular complexity index is 525. The molecule has 0 fully saturated rings. The van der Waals surface area contributed by atoms with E-state index in [1.165, 1.54) is 0 Å². The van der Waals surface area contributed by atoms with Crippen LogP contribution in [0.1, 0.15) is 5.56 Å². The van der Waals surface area contributed by atoms with Crippen LogP contribution in [0.5, 0.6) is 5.75 Å². The second kappa shape index (κ2) is 5.34. The number of halogens is 1. The summed E-state index contributed by atoms with van der Waals surface area (Å²) in [5.74, 6) is 0.858. The average Bonchev–Trinajstić information content (AvgIpc) is 2.38. The molecule has 0 heterocycles. The van der Waals surface area contributed by atoms with Gasteiger partial charge < -0.3 is 10.5 Å². The zero-order valence-electron chi connectivity index (χ0n) is 9.61. The highest BCUT2D eigenvalue weighted by atomic mass is 79.9. The van der Waals surface area contributed by atoms with Gasteiger partial charge in [0.15, 0.2) is 0 Å². The molecule has 2 rings (SSSR count). The number of methoxy groups -OCH3 is 1. The lowest BCUT2D eigenvalue weighted by atomic mass is 10.0. The molecule has 0 saturated heterocycles. The maximum atomic E-state index is 5.68. The van der Waals surface area contributed by atoms with Crippen LogP contribution >= 0.6 is 15.9 Å². The van der Waals surface area contributed by atoms with Gasteiger partial charge in [0.05, 0.1) is 7.11 Å². The van der Waals surface area contributed by atoms with E-state index in [-0.39, 0.29) is 0 Å². The molecule has 2 N–H and O–H groups in total. The summed E-state index contributed by atoms with van der Waals surface area (Å²) in [7, 11) is 1.67. The molecular formula is C14H14BrNO. The number of benzene rings is 2. The lowest BCUT2D eigenvalue weighted by molar-refractivity contribution is 0.415. The molecule has 0 bridgehead atoms. The Morgan fingerprint density at radius 3 is 2.65 bits per heavy atom. The maximum Gasteiger partial charge on any atom is 0.119 e. The van der Waals surface area contributed by atoms with Gasteiger partial charge in [-0.1, -0.05) is 28.1 Å². The standard InChI is InChI=1S/C14H14BrNO/c1-17-14-4-2-3-11(8-14)12-5-10(9-16)6-13(15)7-12/h2-8H,9,16H2,1H3. The highest BCUT2D eigenvalue weighted by Gasteiger charge is 2.02. The van der Waals surface area contributed by atoms with Gasteiger partial charge in [-0.05, 0) is 47.0 Å². The molecule has 0 aromatic heterocycles. The molecule has 17 heavy (non-hydrogen) atoms. The third kappa shape index (κ3) is 2.87. The minimum Gasteiger partial charge on any atom is -0.497 e. The maximum absolute atomic E-state index is 5.68. The van der Waals surface area contributed by atoms with Crippen LogP contribution < -0.4 is 10.5 Å². The molecule has 0 radical (unpaired) electrons. The van der Waals surface area contributed by atoms with E-state index >= 15 is 0 Å². The van der Waals surface area contributed by atoms with Gasteiger partial charge in [0, 0.05) is 11.0 Å². The SMILES string of the molecule is COc1cccc(-c2cc(Br)cc(CN)c2)c1. The number of nitrogens with two attached hydrogens (primary N) is 1. The van der Waals surface area contributed by atoms with Crippen molar-refractivity contribution in [3.8, 4) is 16.9 Å². The van der Waals surface area contributed by atoms with Gasteiger partial charge in [-0.15, -0.1) is 0 Å². The van der Waals surface area contributed by atoms with E-state index in [4.69, 9.17) is 10.5 Å². The minimum atomic E-state index is 0.538. The van der Waals surface area contributed by atoms with Gasteiger partial charge in [0.25, 0.3) is 0 Å². The van der Waals surface area contributed by atoms with Crippen LogP contribution in [-0.2, 0) is 6.54 Å². The van der Waals surface area contributed by atoms with E-state index in [1.807, 2.05) is 24.3 Å². The van der Waals surface area contributed by atoms with E-state index in [9.17, 15) is 0 Å². The van der Waals surface area contributed by atoms with Gasteiger partial charge in [0.2, 0.25) is 0 Å². The van der Waals surface area contributed by atoms with Crippen molar-refractivity contribution in [3.63, 3.8) is 0 Å². The fourth-order valence-corrected chi connectivity index (χ4v) is 2.28. The molecule has 88 valence electrons. The summed E-state index contributed by atoms with van der Waals surface area (Å²) in [5.41, 5.74) is 9.05. The molecule has 0 aliphatic rings. The first-order valence-corrected chi connectivity index (χ1v) is 6.16. The van der Waals surface area contributed by atoms with Crippen LogP contribution in [0.3, 0.4) is 0 Å². The van der Waals surface area contributed by atoms with E-state index in [0.29, 0.717) is 6.54 Å². The molecule has 0 atom stereocenters. The fourth-order valence-electron chi connectivity index (χ4n) is 1.74. The summed E-state index contributed by atoms with van der Waals surface area (Å²) in [5, 5.41) is 0. The summed E-state index contributed by atoms with van der Waals surface area (Å²) in [6.07, 6.45) is 0. The summed E-state index contributed by atoms with van der Waals surface area (Å²) in [6.45, 7) is 0.538. The van der Waals surface area contributed by atoms with E-state index in [0.717, 1.165) is 26.9 Å². The Hall–Kier alpha value is -1.32. The summed E-state index contributed by atoms with van der Waals surface area (Å²) < 4.78 is 6.27. The Morgan fingerprint density at radius 2 is 1.94 bits per heavy atom. The second-order valence-corrected chi connectivity index (χ2v) is 4.70. The van der Waals surface area contributed by atoms with Crippen molar-refractivity contribution in [2.24, 2.45) is 5.73 Å². The Kier molecular flexibility index (Phi) is 3.82. The van der Waals surface area contributed by atoms with E-state index in [1.54, 1.807) is 7.11 Å². The van der Waals surface area contributed by atoms with Gasteiger partial charge >= 0.3 is 0 Å². The minimum absolute atomic E-state index is 0.538. The highest BCUT2D eigenvalue weighted by molar-refractivity contribution is 9.10. The summed E-state index contributed by atoms with van der Waals surface area (Å²) in [6, 6.07) is 14.2. The van der Waals surface area contributed by atoms with Crippen molar-refractivity contribution < 1.29 is 4.74 Å². The van der Waals surface area contributed by atoms with Crippen molar-refractivity contribution in [2.45, 2.75) is 6.54 Å². The van der Waals surface area contributed by atoms with Crippen LogP contribution in [0.25, 0.3) is 11.1 Å². The largest absolute Gasteiger partial charge is 0.497 e. The van der Waals surface area contributed by atoms with Crippen molar-refractivity contribution >= 4 is 15.9 Å². The van der Waals surface area contributed by atoms with Gasteiger partial charge in [-0.3, -0.25) is 0 Å². The molecule has 0 spiro atoms. The molecule has 2 aromatic carbocycles. The lowest BCUT2D eigenvalue weighted by Crippen LogP contribution is -1.96. The van der Waals surface area contributed by atoms with Crippen molar-refractivity contribution in [2.75, 3.05) is 7.11 Å². The Labute approximate surface area is 110 Å². The molecule has 2 nitrogen and oxygen atoms in total. The first-order chi connectivity index (χ1) is 8.22. The highest BCUT2D eigenvalue weighted by Crippen LogP contribution is 2.27. The van der Waals surface area contributed by atoms with Crippen molar-refractivity contribution in [1.29, 1.82) is 0 Å². The van der Waals surface area contributed by atoms with Crippen LogP contribution in [0, 0.1) is 0 Å². The monoisotopic (exact) mass is 291 g/mol. The number of hydrogen-bond donors (Lipinski definition) is 1. The van der Waals surface area contributed by atoms with Crippen LogP contribution in [0.15, 0.2) is 46.9 Å². The Morgan fingerprint density at radius 1 is 1.12 bits per heavy atom. The molecule has 3 heteroatoms. The van der Waals surface area contributed by atoms with Crippen molar-refractivity contribution in [1.82, 2.24) is 0 Å². The van der Waals surface area contributed by atoms with Crippen molar-refractivity contribution in [3.05, 3.63) is 52.5 Å². The van der Waals surface area contributed by atoms with E-state index in [2.05, 4.69) is 34.1 Å². The summed E-state index contributed by atoms with van der Waals surface area (Å²) >= 11 is 3.50. The molecule has 0 aliphatic heterocycles. The van der Waals surface area contributed by atoms with Gasteiger partial charge in [-0.2, -0.15) is 0 Å². The predicted octanol–water partition coefficient (Wildman–Crippen LogP) is 3.58. The number of rotatable bonds is 3. The first kappa shape index (κ1) is 12.1. The molecule has 0 amide bonds. The normalized spacial score (nSPS) is 10.3. The fraction of sp³-hybridized carbons (Fsp3) is 0.143. The molecule has 0 unspecified atom stereocenters. The smallest absolute Gasteiger partial charge is 0.119 e. The third-order valence-corrected chi connectivity index (χ3v) is 3.05. The predicted molar refractivity (Wildman–Crippen MR) is 74.0 cm³/mol. The van der Waals surface area contributed by atoms with Gasteiger partial charge in [0.1, 0.15) is 5.75 Å². The van der Waals surface area contributed by atoms with Crippen LogP contribution in [-0.4, -0.2) is 7.11 Å². The van der Waals surface area contributed by atoms with E-state index < -0.39 is 0 Å². The molecule has 2 aromatic rings. The number of hydrogen-bond acceptors (Lipinski definition) is 2. The van der Waals surface area contributed by atoms with Crippen LogP contribution in [0.2, 0.25) is 0 Å². The first-order valence-electron chi connectivity index (χ1n) is 5.37. The lowest BCUT2D eigenvalue weighted by Gasteiger charge is -2.07. The zero-order valence-corrected chi connectivity index (χ0v) is 11.2. The third-order valence-electron chi connectivity index (χ3n) is 2.60. The Balaban J connectivity index is 2.47. The topological polar surface area (TPSA) is 35.2 Å². The molecular weight excluding hydrogens is 278 g/mol. The second-order valence-electron chi connectivity index (χ2n) is 3.78. The van der Waals surface area contributed by atoms with Crippen LogP contribution in [0.4, 0.5) is 0 Å². The average molecular weight is 292 g/mol. The zero-order chi connectivity index (χ0) is 12.3. The molecule has 0 aliphatic carbocycles. The number of ether oxygens (including phenoxy) is 1. The molecule has 0 saturated carbocycles. The summed E-state index contributed by atoms with van der Waals surface area (Å²) in [4.78, 5) is 0. The van der Waals surface area contributed by atoms with Gasteiger partial charge in [-0.25, -0.2) is 0 Å². The quantitative estimate of drug-likeness (QED) is 0.938.